The first-order chi connectivity index (χ1) is 10.5. The Morgan fingerprint density at radius 2 is 1.83 bits per heavy atom. The van der Waals surface area contributed by atoms with Gasteiger partial charge in [-0.3, -0.25) is 0 Å². The molecule has 0 aliphatic heterocycles. The van der Waals surface area contributed by atoms with Gasteiger partial charge in [-0.15, -0.1) is 0 Å². The van der Waals surface area contributed by atoms with E-state index < -0.39 is 8.32 Å². The zero-order valence-electron chi connectivity index (χ0n) is 16.4. The van der Waals surface area contributed by atoms with Crippen molar-refractivity contribution >= 4 is 14.6 Å². The lowest BCUT2D eigenvalue weighted by Gasteiger charge is -2.56. The van der Waals surface area contributed by atoms with Crippen molar-refractivity contribution < 1.29 is 9.22 Å². The van der Waals surface area contributed by atoms with Gasteiger partial charge in [0.25, 0.3) is 0 Å². The molecule has 0 aromatic carbocycles. The summed E-state index contributed by atoms with van der Waals surface area (Å²) in [6.07, 6.45) is 9.13. The van der Waals surface area contributed by atoms with E-state index in [2.05, 4.69) is 47.7 Å². The van der Waals surface area contributed by atoms with Crippen molar-refractivity contribution in [2.45, 2.75) is 97.4 Å². The van der Waals surface area contributed by atoms with E-state index >= 15 is 0 Å². The van der Waals surface area contributed by atoms with Gasteiger partial charge in [0.15, 0.2) is 8.32 Å². The van der Waals surface area contributed by atoms with Crippen LogP contribution in [0.2, 0.25) is 18.1 Å². The average Bonchev–Trinajstić information content (AvgIpc) is 2.44. The standard InChI is InChI=1S/C20H38O2Si/c1-15(14-21)16-10-8-11-17-18(12-9-13-20(16,17)5)22-23(6,7)19(2,3)4/h14-18H,8-13H2,1-7H3/t15-,16-,17+,18+,20-/m1/s1. The number of carbonyl (C=O) groups is 1. The molecule has 134 valence electrons. The number of aldehydes is 1. The Morgan fingerprint density at radius 3 is 2.39 bits per heavy atom. The molecule has 0 aromatic heterocycles. The molecule has 0 radical (unpaired) electrons. The lowest BCUT2D eigenvalue weighted by atomic mass is 9.52. The molecule has 0 heterocycles. The van der Waals surface area contributed by atoms with Crippen molar-refractivity contribution in [3.63, 3.8) is 0 Å². The molecule has 0 spiro atoms. The predicted molar refractivity (Wildman–Crippen MR) is 100 cm³/mol. The van der Waals surface area contributed by atoms with Crippen LogP contribution in [0.25, 0.3) is 0 Å². The first-order valence-electron chi connectivity index (χ1n) is 9.66. The van der Waals surface area contributed by atoms with Crippen molar-refractivity contribution in [2.24, 2.45) is 23.2 Å². The van der Waals surface area contributed by atoms with Crippen molar-refractivity contribution in [3.8, 4) is 0 Å². The zero-order valence-corrected chi connectivity index (χ0v) is 17.4. The van der Waals surface area contributed by atoms with Gasteiger partial charge in [-0.1, -0.05) is 47.5 Å². The lowest BCUT2D eigenvalue weighted by molar-refractivity contribution is -0.121. The molecule has 2 aliphatic rings. The first-order valence-corrected chi connectivity index (χ1v) is 12.6. The van der Waals surface area contributed by atoms with Crippen LogP contribution in [0.4, 0.5) is 0 Å². The van der Waals surface area contributed by atoms with E-state index in [-0.39, 0.29) is 11.0 Å². The lowest BCUT2D eigenvalue weighted by Crippen LogP contribution is -2.54. The maximum Gasteiger partial charge on any atom is 0.192 e. The highest BCUT2D eigenvalue weighted by molar-refractivity contribution is 6.74. The Morgan fingerprint density at radius 1 is 1.17 bits per heavy atom. The monoisotopic (exact) mass is 338 g/mol. The normalized spacial score (nSPS) is 37.1. The summed E-state index contributed by atoms with van der Waals surface area (Å²) in [7, 11) is -1.73. The van der Waals surface area contributed by atoms with Gasteiger partial charge in [0.2, 0.25) is 0 Å². The molecule has 0 amide bonds. The van der Waals surface area contributed by atoms with Gasteiger partial charge in [-0.05, 0) is 61.1 Å². The van der Waals surface area contributed by atoms with Crippen LogP contribution in [-0.2, 0) is 9.22 Å². The van der Waals surface area contributed by atoms with E-state index in [1.54, 1.807) is 0 Å². The largest absolute Gasteiger partial charge is 0.414 e. The molecule has 0 unspecified atom stereocenters. The van der Waals surface area contributed by atoms with E-state index in [0.717, 1.165) is 0 Å². The van der Waals surface area contributed by atoms with Gasteiger partial charge in [-0.2, -0.15) is 0 Å². The predicted octanol–water partition coefficient (Wildman–Crippen LogP) is 5.82. The minimum Gasteiger partial charge on any atom is -0.414 e. The number of rotatable bonds is 4. The fraction of sp³-hybridized carbons (Fsp3) is 0.950. The van der Waals surface area contributed by atoms with Crippen LogP contribution in [0.5, 0.6) is 0 Å². The molecule has 2 nitrogen and oxygen atoms in total. The molecular formula is C20H38O2Si. The fourth-order valence-corrected chi connectivity index (χ4v) is 6.41. The zero-order chi connectivity index (χ0) is 17.5. The van der Waals surface area contributed by atoms with Crippen LogP contribution in [0.3, 0.4) is 0 Å². The minimum absolute atomic E-state index is 0.189. The molecule has 2 fully saturated rings. The molecule has 0 N–H and O–H groups in total. The summed E-state index contributed by atoms with van der Waals surface area (Å²) >= 11 is 0. The summed E-state index contributed by atoms with van der Waals surface area (Å²) in [5.41, 5.74) is 0.295. The molecular weight excluding hydrogens is 300 g/mol. The summed E-state index contributed by atoms with van der Waals surface area (Å²) in [4.78, 5) is 11.4. The van der Waals surface area contributed by atoms with Crippen molar-refractivity contribution in [1.29, 1.82) is 0 Å². The Labute approximate surface area is 144 Å². The molecule has 3 heteroatoms. The highest BCUT2D eigenvalue weighted by atomic mass is 28.4. The summed E-state index contributed by atoms with van der Waals surface area (Å²) in [6, 6.07) is 0. The maximum atomic E-state index is 11.4. The van der Waals surface area contributed by atoms with Crippen LogP contribution in [0.15, 0.2) is 0 Å². The van der Waals surface area contributed by atoms with Gasteiger partial charge in [-0.25, -0.2) is 0 Å². The smallest absolute Gasteiger partial charge is 0.192 e. The molecule has 2 saturated carbocycles. The van der Waals surface area contributed by atoms with E-state index in [0.29, 0.717) is 23.4 Å². The molecule has 5 atom stereocenters. The Bertz CT molecular complexity index is 426. The van der Waals surface area contributed by atoms with Crippen LogP contribution in [0.1, 0.15) is 73.1 Å². The second kappa shape index (κ2) is 6.63. The highest BCUT2D eigenvalue weighted by Crippen LogP contribution is 2.56. The summed E-state index contributed by atoms with van der Waals surface area (Å²) < 4.78 is 6.89. The fourth-order valence-electron chi connectivity index (χ4n) is 5.01. The molecule has 0 bridgehead atoms. The Kier molecular flexibility index (Phi) is 5.53. The summed E-state index contributed by atoms with van der Waals surface area (Å²) in [5, 5.41) is 0.269. The average molecular weight is 339 g/mol. The second-order valence-corrected chi connectivity index (χ2v) is 14.7. The van der Waals surface area contributed by atoms with Crippen LogP contribution < -0.4 is 0 Å². The van der Waals surface area contributed by atoms with E-state index in [1.807, 2.05) is 0 Å². The number of carbonyl (C=O) groups excluding carboxylic acids is 1. The van der Waals surface area contributed by atoms with Crippen molar-refractivity contribution in [3.05, 3.63) is 0 Å². The van der Waals surface area contributed by atoms with Gasteiger partial charge in [0, 0.05) is 12.0 Å². The van der Waals surface area contributed by atoms with E-state index in [4.69, 9.17) is 4.43 Å². The van der Waals surface area contributed by atoms with Gasteiger partial charge in [0.05, 0.1) is 0 Å². The third-order valence-electron chi connectivity index (χ3n) is 7.48. The van der Waals surface area contributed by atoms with E-state index in [9.17, 15) is 4.79 Å². The van der Waals surface area contributed by atoms with Crippen LogP contribution >= 0.6 is 0 Å². The SMILES string of the molecule is C[C@H](C=O)[C@H]1CCC[C@H]2[C@@H](O[Si](C)(C)C(C)(C)C)CCC[C@]12C. The minimum atomic E-state index is -1.73. The first kappa shape index (κ1) is 19.2. The molecule has 2 aliphatic carbocycles. The van der Waals surface area contributed by atoms with Crippen LogP contribution in [-0.4, -0.2) is 20.7 Å². The molecule has 0 saturated heterocycles. The second-order valence-electron chi connectivity index (χ2n) is 9.95. The van der Waals surface area contributed by atoms with Crippen molar-refractivity contribution in [2.75, 3.05) is 0 Å². The number of hydrogen-bond donors (Lipinski definition) is 0. The Balaban J connectivity index is 2.23. The van der Waals surface area contributed by atoms with Gasteiger partial charge >= 0.3 is 0 Å². The molecule has 2 rings (SSSR count). The Hall–Kier alpha value is -0.153. The van der Waals surface area contributed by atoms with Crippen molar-refractivity contribution in [1.82, 2.24) is 0 Å². The molecule has 0 aromatic rings. The third-order valence-corrected chi connectivity index (χ3v) is 12.0. The number of fused-ring (bicyclic) bond motifs is 1. The summed E-state index contributed by atoms with van der Waals surface area (Å²) in [5.74, 6) is 1.38. The quantitative estimate of drug-likeness (QED) is 0.477. The molecule has 23 heavy (non-hydrogen) atoms. The maximum absolute atomic E-state index is 11.4. The van der Waals surface area contributed by atoms with Gasteiger partial charge < -0.3 is 9.22 Å². The van der Waals surface area contributed by atoms with E-state index in [1.165, 1.54) is 44.8 Å². The van der Waals surface area contributed by atoms with Crippen LogP contribution in [0, 0.1) is 23.2 Å². The topological polar surface area (TPSA) is 26.3 Å². The summed E-state index contributed by atoms with van der Waals surface area (Å²) in [6.45, 7) is 16.4. The highest BCUT2D eigenvalue weighted by Gasteiger charge is 2.52. The van der Waals surface area contributed by atoms with Gasteiger partial charge in [0.1, 0.15) is 6.29 Å². The third kappa shape index (κ3) is 3.61. The number of hydrogen-bond acceptors (Lipinski definition) is 2.